The van der Waals surface area contributed by atoms with Crippen molar-refractivity contribution in [1.82, 2.24) is 15.0 Å². The van der Waals surface area contributed by atoms with E-state index in [-0.39, 0.29) is 0 Å². The van der Waals surface area contributed by atoms with Crippen LogP contribution in [0, 0.1) is 13.1 Å². The first-order valence-corrected chi connectivity index (χ1v) is 3.71. The van der Waals surface area contributed by atoms with Gasteiger partial charge in [0, 0.05) is 12.4 Å². The van der Waals surface area contributed by atoms with E-state index in [0.717, 1.165) is 17.1 Å². The first-order valence-electron chi connectivity index (χ1n) is 3.71. The average Bonchev–Trinajstić information content (AvgIpc) is 2.57. The van der Waals surface area contributed by atoms with Crippen molar-refractivity contribution in [2.24, 2.45) is 0 Å². The van der Waals surface area contributed by atoms with Gasteiger partial charge in [-0.05, 0) is 19.1 Å². The van der Waals surface area contributed by atoms with Crippen molar-refractivity contribution in [3.05, 3.63) is 36.4 Å². The number of aromatic amines is 1. The third-order valence-electron chi connectivity index (χ3n) is 1.68. The molecule has 2 aromatic heterocycles. The molecule has 0 spiro atoms. The molecule has 0 aliphatic heterocycles. The molecule has 0 aliphatic rings. The molecule has 3 heteroatoms. The van der Waals surface area contributed by atoms with Gasteiger partial charge in [0.15, 0.2) is 0 Å². The fraction of sp³-hybridized carbons (Fsp3) is 0.111. The zero-order valence-electron chi connectivity index (χ0n) is 6.70. The van der Waals surface area contributed by atoms with Crippen LogP contribution in [0.4, 0.5) is 0 Å². The molecule has 0 fully saturated rings. The standard InChI is InChI=1S/C9H8N3/c1-7-9(12-6-5-10-7)8-3-2-4-11-8/h2-3,5-6,11H,1H3. The molecular formula is C9H8N3. The summed E-state index contributed by atoms with van der Waals surface area (Å²) < 4.78 is 0. The Bertz CT molecular complexity index is 365. The van der Waals surface area contributed by atoms with Gasteiger partial charge in [0.1, 0.15) is 5.69 Å². The fourth-order valence-corrected chi connectivity index (χ4v) is 1.10. The van der Waals surface area contributed by atoms with Gasteiger partial charge in [-0.3, -0.25) is 9.97 Å². The van der Waals surface area contributed by atoms with Gasteiger partial charge in [-0.1, -0.05) is 0 Å². The zero-order valence-corrected chi connectivity index (χ0v) is 6.70. The molecule has 59 valence electrons. The Labute approximate surface area is 70.5 Å². The van der Waals surface area contributed by atoms with Gasteiger partial charge in [0.05, 0.1) is 17.6 Å². The van der Waals surface area contributed by atoms with Gasteiger partial charge in [0.2, 0.25) is 0 Å². The molecule has 3 nitrogen and oxygen atoms in total. The van der Waals surface area contributed by atoms with E-state index in [0.29, 0.717) is 0 Å². The monoisotopic (exact) mass is 158 g/mol. The van der Waals surface area contributed by atoms with Crippen LogP contribution >= 0.6 is 0 Å². The highest BCUT2D eigenvalue weighted by Gasteiger charge is 2.02. The van der Waals surface area contributed by atoms with E-state index in [2.05, 4.69) is 21.1 Å². The maximum Gasteiger partial charge on any atom is 0.108 e. The maximum atomic E-state index is 4.21. The lowest BCUT2D eigenvalue weighted by Gasteiger charge is -1.98. The second kappa shape index (κ2) is 2.77. The van der Waals surface area contributed by atoms with Crippen molar-refractivity contribution in [3.8, 4) is 11.4 Å². The molecule has 2 aromatic rings. The lowest BCUT2D eigenvalue weighted by molar-refractivity contribution is 1.11. The topological polar surface area (TPSA) is 41.6 Å². The molecule has 0 bridgehead atoms. The van der Waals surface area contributed by atoms with Crippen LogP contribution in [0.1, 0.15) is 5.69 Å². The van der Waals surface area contributed by atoms with Gasteiger partial charge < -0.3 is 4.98 Å². The number of nitrogens with one attached hydrogen (secondary N) is 1. The summed E-state index contributed by atoms with van der Waals surface area (Å²) in [6.45, 7) is 1.93. The highest BCUT2D eigenvalue weighted by atomic mass is 14.8. The second-order valence-electron chi connectivity index (χ2n) is 2.51. The predicted octanol–water partition coefficient (Wildman–Crippen LogP) is 1.58. The number of rotatable bonds is 1. The van der Waals surface area contributed by atoms with Crippen molar-refractivity contribution in [3.63, 3.8) is 0 Å². The molecule has 2 heterocycles. The van der Waals surface area contributed by atoms with E-state index in [4.69, 9.17) is 0 Å². The Morgan fingerprint density at radius 1 is 1.33 bits per heavy atom. The normalized spacial score (nSPS) is 10.1. The molecular weight excluding hydrogens is 150 g/mol. The van der Waals surface area contributed by atoms with Crippen molar-refractivity contribution in [1.29, 1.82) is 0 Å². The van der Waals surface area contributed by atoms with Crippen molar-refractivity contribution >= 4 is 0 Å². The molecule has 0 aromatic carbocycles. The summed E-state index contributed by atoms with van der Waals surface area (Å²) in [5, 5.41) is 0. The van der Waals surface area contributed by atoms with Crippen LogP contribution in [-0.4, -0.2) is 15.0 Å². The number of H-pyrrole nitrogens is 1. The second-order valence-corrected chi connectivity index (χ2v) is 2.51. The number of aromatic nitrogens is 3. The van der Waals surface area contributed by atoms with Gasteiger partial charge in [-0.25, -0.2) is 0 Å². The Balaban J connectivity index is 2.55. The van der Waals surface area contributed by atoms with Gasteiger partial charge in [0.25, 0.3) is 0 Å². The third kappa shape index (κ3) is 1.09. The summed E-state index contributed by atoms with van der Waals surface area (Å²) in [5.74, 6) is 0. The van der Waals surface area contributed by atoms with Crippen molar-refractivity contribution in [2.75, 3.05) is 0 Å². The van der Waals surface area contributed by atoms with Crippen LogP contribution in [0.2, 0.25) is 0 Å². The lowest BCUT2D eigenvalue weighted by Crippen LogP contribution is -1.90. The number of hydrogen-bond donors (Lipinski definition) is 1. The summed E-state index contributed by atoms with van der Waals surface area (Å²) in [5.41, 5.74) is 2.77. The fourth-order valence-electron chi connectivity index (χ4n) is 1.10. The Morgan fingerprint density at radius 2 is 2.17 bits per heavy atom. The smallest absolute Gasteiger partial charge is 0.108 e. The Morgan fingerprint density at radius 3 is 2.83 bits per heavy atom. The molecule has 0 saturated heterocycles. The van der Waals surface area contributed by atoms with E-state index >= 15 is 0 Å². The minimum atomic E-state index is 0.888. The number of nitrogens with zero attached hydrogens (tertiary/aromatic N) is 2. The molecule has 2 rings (SSSR count). The molecule has 0 amide bonds. The van der Waals surface area contributed by atoms with Crippen LogP contribution in [0.3, 0.4) is 0 Å². The van der Waals surface area contributed by atoms with Gasteiger partial charge in [-0.15, -0.1) is 0 Å². The highest BCUT2D eigenvalue weighted by Crippen LogP contribution is 2.15. The minimum absolute atomic E-state index is 0.888. The van der Waals surface area contributed by atoms with Crippen LogP contribution in [0.15, 0.2) is 24.5 Å². The molecule has 0 aliphatic carbocycles. The van der Waals surface area contributed by atoms with Gasteiger partial charge in [-0.2, -0.15) is 0 Å². The van der Waals surface area contributed by atoms with E-state index in [1.807, 2.05) is 19.1 Å². The van der Waals surface area contributed by atoms with Crippen LogP contribution in [-0.2, 0) is 0 Å². The van der Waals surface area contributed by atoms with E-state index in [1.54, 1.807) is 12.4 Å². The largest absolute Gasteiger partial charge is 0.352 e. The maximum absolute atomic E-state index is 4.21. The highest BCUT2D eigenvalue weighted by molar-refractivity contribution is 5.55. The molecule has 0 saturated carbocycles. The lowest BCUT2D eigenvalue weighted by atomic mass is 10.2. The number of hydrogen-bond acceptors (Lipinski definition) is 2. The van der Waals surface area contributed by atoms with Crippen LogP contribution < -0.4 is 0 Å². The zero-order chi connectivity index (χ0) is 8.39. The molecule has 0 atom stereocenters. The van der Waals surface area contributed by atoms with E-state index in [1.165, 1.54) is 0 Å². The van der Waals surface area contributed by atoms with E-state index < -0.39 is 0 Å². The summed E-state index contributed by atoms with van der Waals surface area (Å²) in [6.07, 6.45) is 6.23. The third-order valence-corrected chi connectivity index (χ3v) is 1.68. The predicted molar refractivity (Wildman–Crippen MR) is 45.4 cm³/mol. The Hall–Kier alpha value is -1.64. The van der Waals surface area contributed by atoms with Crippen molar-refractivity contribution < 1.29 is 0 Å². The SMILES string of the molecule is Cc1nccnc1-c1cc[c][nH]1. The minimum Gasteiger partial charge on any atom is -0.352 e. The average molecular weight is 158 g/mol. The number of aryl methyl sites for hydroxylation is 1. The molecule has 0 unspecified atom stereocenters. The van der Waals surface area contributed by atoms with Gasteiger partial charge >= 0.3 is 0 Å². The molecule has 1 radical (unpaired) electrons. The quantitative estimate of drug-likeness (QED) is 0.684. The summed E-state index contributed by atoms with van der Waals surface area (Å²) in [6, 6.07) is 3.75. The summed E-state index contributed by atoms with van der Waals surface area (Å²) in [7, 11) is 0. The molecule has 1 N–H and O–H groups in total. The first kappa shape index (κ1) is 7.03. The summed E-state index contributed by atoms with van der Waals surface area (Å²) in [4.78, 5) is 11.3. The molecule has 12 heavy (non-hydrogen) atoms. The van der Waals surface area contributed by atoms with Crippen molar-refractivity contribution in [2.45, 2.75) is 6.92 Å². The van der Waals surface area contributed by atoms with E-state index in [9.17, 15) is 0 Å². The Kier molecular flexibility index (Phi) is 1.63. The van der Waals surface area contributed by atoms with Crippen LogP contribution in [0.5, 0.6) is 0 Å². The summed E-state index contributed by atoms with van der Waals surface area (Å²) >= 11 is 0. The first-order chi connectivity index (χ1) is 5.88. The van der Waals surface area contributed by atoms with Crippen LogP contribution in [0.25, 0.3) is 11.4 Å².